The van der Waals surface area contributed by atoms with Gasteiger partial charge < -0.3 is 5.11 Å². The predicted octanol–water partition coefficient (Wildman–Crippen LogP) is 5.97. The zero-order valence-electron chi connectivity index (χ0n) is 17.2. The molecule has 1 saturated heterocycles. The van der Waals surface area contributed by atoms with Gasteiger partial charge in [-0.2, -0.15) is 0 Å². The number of Topliss-reactive ketones (excluding diaryl/α,β-unsaturated/α-hetero) is 1. The number of aliphatic hydroxyl groups is 1. The summed E-state index contributed by atoms with van der Waals surface area (Å²) in [6.07, 6.45) is 0. The first kappa shape index (κ1) is 21.9. The van der Waals surface area contributed by atoms with E-state index in [0.717, 1.165) is 38.7 Å². The number of carbonyl (C=O) groups excluding carboxylic acids is 2. The Morgan fingerprint density at radius 2 is 1.75 bits per heavy atom. The highest BCUT2D eigenvalue weighted by Gasteiger charge is 2.47. The Bertz CT molecular complexity index is 1300. The largest absolute Gasteiger partial charge is 0.507 e. The fourth-order valence-electron chi connectivity index (χ4n) is 3.85. The third kappa shape index (κ3) is 3.73. The van der Waals surface area contributed by atoms with Crippen molar-refractivity contribution in [3.05, 3.63) is 105 Å². The van der Waals surface area contributed by atoms with Gasteiger partial charge in [0.15, 0.2) is 0 Å². The van der Waals surface area contributed by atoms with Crippen molar-refractivity contribution in [3.63, 3.8) is 0 Å². The van der Waals surface area contributed by atoms with Gasteiger partial charge in [0.2, 0.25) is 0 Å². The highest BCUT2D eigenvalue weighted by molar-refractivity contribution is 9.10. The molecule has 7 heteroatoms. The van der Waals surface area contributed by atoms with Gasteiger partial charge in [-0.15, -0.1) is 0 Å². The number of amides is 1. The van der Waals surface area contributed by atoms with Crippen molar-refractivity contribution in [1.82, 2.24) is 0 Å². The van der Waals surface area contributed by atoms with Crippen molar-refractivity contribution in [2.24, 2.45) is 0 Å². The van der Waals surface area contributed by atoms with Crippen LogP contribution in [-0.4, -0.2) is 16.8 Å². The lowest BCUT2D eigenvalue weighted by molar-refractivity contribution is -0.132. The average molecular weight is 498 g/mol. The van der Waals surface area contributed by atoms with Crippen LogP contribution in [0.3, 0.4) is 0 Å². The van der Waals surface area contributed by atoms with E-state index in [9.17, 15) is 23.5 Å². The summed E-state index contributed by atoms with van der Waals surface area (Å²) in [5.41, 5.74) is 1.92. The molecule has 4 rings (SSSR count). The van der Waals surface area contributed by atoms with Crippen molar-refractivity contribution < 1.29 is 23.5 Å². The molecule has 1 aliphatic heterocycles. The third-order valence-electron chi connectivity index (χ3n) is 5.40. The van der Waals surface area contributed by atoms with Crippen LogP contribution < -0.4 is 4.90 Å². The van der Waals surface area contributed by atoms with Crippen LogP contribution in [0.1, 0.15) is 28.3 Å². The molecule has 0 radical (unpaired) electrons. The quantitative estimate of drug-likeness (QED) is 0.275. The number of hydrogen-bond acceptors (Lipinski definition) is 3. The van der Waals surface area contributed by atoms with Gasteiger partial charge in [-0.3, -0.25) is 14.5 Å². The summed E-state index contributed by atoms with van der Waals surface area (Å²) >= 11 is 3.39. The Balaban J connectivity index is 2.00. The lowest BCUT2D eigenvalue weighted by Gasteiger charge is -2.26. The molecule has 0 aliphatic carbocycles. The molecule has 0 saturated carbocycles. The number of nitrogens with zero attached hydrogens (tertiary/aromatic N) is 1. The molecule has 1 unspecified atom stereocenters. The summed E-state index contributed by atoms with van der Waals surface area (Å²) in [5.74, 6) is -4.01. The zero-order valence-corrected chi connectivity index (χ0v) is 18.8. The molecular formula is C25H18BrF2NO3. The van der Waals surface area contributed by atoms with Crippen LogP contribution >= 0.6 is 15.9 Å². The normalized spacial score (nSPS) is 17.8. The number of aryl methyl sites for hydroxylation is 2. The molecule has 0 aromatic heterocycles. The summed E-state index contributed by atoms with van der Waals surface area (Å²) < 4.78 is 29.5. The predicted molar refractivity (Wildman–Crippen MR) is 121 cm³/mol. The number of carbonyl (C=O) groups is 2. The minimum Gasteiger partial charge on any atom is -0.507 e. The van der Waals surface area contributed by atoms with Gasteiger partial charge in [0, 0.05) is 16.1 Å². The number of anilines is 1. The van der Waals surface area contributed by atoms with E-state index >= 15 is 0 Å². The molecule has 1 aliphatic rings. The van der Waals surface area contributed by atoms with Crippen molar-refractivity contribution >= 4 is 39.1 Å². The first-order valence-corrected chi connectivity index (χ1v) is 10.6. The van der Waals surface area contributed by atoms with E-state index in [1.165, 1.54) is 0 Å². The molecule has 0 spiro atoms. The molecule has 1 N–H and O–H groups in total. The maximum atomic E-state index is 14.7. The van der Waals surface area contributed by atoms with Crippen molar-refractivity contribution in [3.8, 4) is 0 Å². The second-order valence-corrected chi connectivity index (χ2v) is 8.50. The first-order valence-electron chi connectivity index (χ1n) is 9.78. The first-order chi connectivity index (χ1) is 15.2. The van der Waals surface area contributed by atoms with E-state index in [4.69, 9.17) is 0 Å². The van der Waals surface area contributed by atoms with Crippen molar-refractivity contribution in [2.75, 3.05) is 4.90 Å². The van der Waals surface area contributed by atoms with Crippen LogP contribution in [0, 0.1) is 25.5 Å². The van der Waals surface area contributed by atoms with E-state index in [1.807, 2.05) is 19.9 Å². The molecule has 32 heavy (non-hydrogen) atoms. The number of hydrogen-bond donors (Lipinski definition) is 1. The van der Waals surface area contributed by atoms with Gasteiger partial charge in [0.05, 0.1) is 17.3 Å². The molecule has 1 heterocycles. The highest BCUT2D eigenvalue weighted by Crippen LogP contribution is 2.43. The minimum atomic E-state index is -1.13. The fraction of sp³-hybridized carbons (Fsp3) is 0.120. The summed E-state index contributed by atoms with van der Waals surface area (Å²) in [7, 11) is 0. The second kappa shape index (κ2) is 8.31. The SMILES string of the molecule is Cc1cccc(C2/C(=C(\O)c3ccc(Br)c(C)c3)C(=O)C(=O)N2c2cc(F)ccc2F)c1. The Hall–Kier alpha value is -3.32. The number of ketones is 1. The Kier molecular flexibility index (Phi) is 5.69. The number of rotatable bonds is 3. The van der Waals surface area contributed by atoms with Gasteiger partial charge in [-0.05, 0) is 49.2 Å². The van der Waals surface area contributed by atoms with E-state index in [0.29, 0.717) is 11.1 Å². The molecule has 3 aromatic carbocycles. The van der Waals surface area contributed by atoms with Crippen molar-refractivity contribution in [2.45, 2.75) is 19.9 Å². The Morgan fingerprint density at radius 3 is 2.44 bits per heavy atom. The van der Waals surface area contributed by atoms with Crippen LogP contribution in [-0.2, 0) is 9.59 Å². The van der Waals surface area contributed by atoms with Crippen LogP contribution in [0.2, 0.25) is 0 Å². The average Bonchev–Trinajstić information content (AvgIpc) is 3.02. The molecule has 1 fully saturated rings. The van der Waals surface area contributed by atoms with Crippen LogP contribution in [0.5, 0.6) is 0 Å². The van der Waals surface area contributed by atoms with E-state index in [1.54, 1.807) is 36.4 Å². The van der Waals surface area contributed by atoms with Crippen LogP contribution in [0.25, 0.3) is 5.76 Å². The Morgan fingerprint density at radius 1 is 1.00 bits per heavy atom. The van der Waals surface area contributed by atoms with Gasteiger partial charge in [0.1, 0.15) is 17.4 Å². The molecular weight excluding hydrogens is 480 g/mol. The number of benzene rings is 3. The molecule has 1 atom stereocenters. The van der Waals surface area contributed by atoms with Crippen molar-refractivity contribution in [1.29, 1.82) is 0 Å². The smallest absolute Gasteiger partial charge is 0.300 e. The minimum absolute atomic E-state index is 0.189. The summed E-state index contributed by atoms with van der Waals surface area (Å²) in [5, 5.41) is 11.1. The third-order valence-corrected chi connectivity index (χ3v) is 6.29. The fourth-order valence-corrected chi connectivity index (χ4v) is 4.10. The highest BCUT2D eigenvalue weighted by atomic mass is 79.9. The maximum absolute atomic E-state index is 14.7. The van der Waals surface area contributed by atoms with E-state index < -0.39 is 29.4 Å². The summed E-state index contributed by atoms with van der Waals surface area (Å²) in [4.78, 5) is 27.0. The van der Waals surface area contributed by atoms with Gasteiger partial charge in [-0.1, -0.05) is 51.8 Å². The van der Waals surface area contributed by atoms with Crippen LogP contribution in [0.15, 0.2) is 70.7 Å². The molecule has 0 bridgehead atoms. The van der Waals surface area contributed by atoms with Crippen LogP contribution in [0.4, 0.5) is 14.5 Å². The van der Waals surface area contributed by atoms with Gasteiger partial charge >= 0.3 is 0 Å². The second-order valence-electron chi connectivity index (χ2n) is 7.64. The molecule has 162 valence electrons. The maximum Gasteiger partial charge on any atom is 0.300 e. The molecule has 3 aromatic rings. The summed E-state index contributed by atoms with van der Waals surface area (Å²) in [6, 6.07) is 13.5. The van der Waals surface area contributed by atoms with E-state index in [2.05, 4.69) is 15.9 Å². The molecule has 4 nitrogen and oxygen atoms in total. The number of aliphatic hydroxyl groups excluding tert-OH is 1. The summed E-state index contributed by atoms with van der Waals surface area (Å²) in [6.45, 7) is 3.65. The zero-order chi connectivity index (χ0) is 23.2. The lowest BCUT2D eigenvalue weighted by Crippen LogP contribution is -2.30. The van der Waals surface area contributed by atoms with Gasteiger partial charge in [0.25, 0.3) is 11.7 Å². The monoisotopic (exact) mass is 497 g/mol. The van der Waals surface area contributed by atoms with Gasteiger partial charge in [-0.25, -0.2) is 8.78 Å². The Labute approximate surface area is 191 Å². The lowest BCUT2D eigenvalue weighted by atomic mass is 9.94. The molecule has 1 amide bonds. The standard InChI is InChI=1S/C25H18BrF2NO3/c1-13-4-3-5-15(10-13)22-21(23(30)16-6-8-18(26)14(2)11-16)24(31)25(32)29(22)20-12-17(27)7-9-19(20)28/h3-12,22,30H,1-2H3/b23-21+. The van der Waals surface area contributed by atoms with E-state index in [-0.39, 0.29) is 17.0 Å². The number of halogens is 3. The topological polar surface area (TPSA) is 57.6 Å².